The number of benzene rings is 1. The average Bonchev–Trinajstić information content (AvgIpc) is 2.38. The van der Waals surface area contributed by atoms with Gasteiger partial charge in [0.1, 0.15) is 12.2 Å². The van der Waals surface area contributed by atoms with Gasteiger partial charge in [0.25, 0.3) is 0 Å². The Bertz CT molecular complexity index is 359. The van der Waals surface area contributed by atoms with Crippen molar-refractivity contribution in [1.82, 2.24) is 0 Å². The maximum atomic E-state index is 13.7. The maximum absolute atomic E-state index is 13.7. The van der Waals surface area contributed by atoms with Crippen LogP contribution in [0.15, 0.2) is 30.3 Å². The van der Waals surface area contributed by atoms with Gasteiger partial charge in [-0.05, 0) is 12.5 Å². The van der Waals surface area contributed by atoms with Gasteiger partial charge in [0.15, 0.2) is 12.5 Å². The van der Waals surface area contributed by atoms with Crippen LogP contribution in [0, 0.1) is 0 Å². The molecule has 1 aromatic rings. The van der Waals surface area contributed by atoms with Gasteiger partial charge in [-0.3, -0.25) is 0 Å². The molecule has 1 fully saturated rings. The fraction of sp³-hybridized carbons (Fsp3) is 0.538. The second-order valence-electron chi connectivity index (χ2n) is 4.43. The van der Waals surface area contributed by atoms with Gasteiger partial charge >= 0.3 is 0 Å². The summed E-state index contributed by atoms with van der Waals surface area (Å²) in [6.07, 6.45) is -6.13. The molecule has 5 unspecified atom stereocenters. The van der Waals surface area contributed by atoms with Crippen LogP contribution in [0.25, 0.3) is 0 Å². The highest BCUT2D eigenvalue weighted by atomic mass is 19.1. The van der Waals surface area contributed by atoms with E-state index in [1.54, 1.807) is 6.92 Å². The number of hydrogen-bond donors (Lipinski definition) is 2. The summed E-state index contributed by atoms with van der Waals surface area (Å²) in [5, 5.41) is 19.1. The van der Waals surface area contributed by atoms with Gasteiger partial charge in [-0.1, -0.05) is 30.3 Å². The number of hydrogen-bond acceptors (Lipinski definition) is 4. The third-order valence-corrected chi connectivity index (χ3v) is 3.04. The third kappa shape index (κ3) is 2.87. The quantitative estimate of drug-likeness (QED) is 0.847. The highest BCUT2D eigenvalue weighted by molar-refractivity contribution is 5.13. The van der Waals surface area contributed by atoms with E-state index < -0.39 is 30.8 Å². The van der Waals surface area contributed by atoms with E-state index in [0.29, 0.717) is 0 Å². The van der Waals surface area contributed by atoms with Crippen LogP contribution in [0.5, 0.6) is 0 Å². The lowest BCUT2D eigenvalue weighted by molar-refractivity contribution is -0.271. The molecule has 0 bridgehead atoms. The van der Waals surface area contributed by atoms with Crippen molar-refractivity contribution in [3.05, 3.63) is 35.9 Å². The topological polar surface area (TPSA) is 58.9 Å². The Kier molecular flexibility index (Phi) is 4.29. The molecule has 2 rings (SSSR count). The molecule has 4 nitrogen and oxygen atoms in total. The molecule has 1 saturated heterocycles. The van der Waals surface area contributed by atoms with Crippen molar-refractivity contribution in [3.63, 3.8) is 0 Å². The van der Waals surface area contributed by atoms with Gasteiger partial charge in [-0.15, -0.1) is 0 Å². The van der Waals surface area contributed by atoms with E-state index in [1.807, 2.05) is 30.3 Å². The standard InChI is InChI=1S/C13H17FO4/c1-8-11(15)12(10(14)13(16)18-8)17-7-9-5-3-2-4-6-9/h2-6,8,10-13,15-16H,7H2,1H3. The highest BCUT2D eigenvalue weighted by Gasteiger charge is 2.44. The molecule has 1 aromatic carbocycles. The van der Waals surface area contributed by atoms with Gasteiger partial charge in [-0.25, -0.2) is 4.39 Å². The molecule has 1 aliphatic heterocycles. The van der Waals surface area contributed by atoms with Crippen molar-refractivity contribution in [1.29, 1.82) is 0 Å². The van der Waals surface area contributed by atoms with Gasteiger partial charge in [0.2, 0.25) is 0 Å². The maximum Gasteiger partial charge on any atom is 0.189 e. The summed E-state index contributed by atoms with van der Waals surface area (Å²) in [5.74, 6) is 0. The predicted octanol–water partition coefficient (Wildman–Crippen LogP) is 1.01. The first kappa shape index (κ1) is 13.4. The lowest BCUT2D eigenvalue weighted by Crippen LogP contribution is -2.55. The zero-order valence-electron chi connectivity index (χ0n) is 10.1. The minimum absolute atomic E-state index is 0.183. The molecule has 1 heterocycles. The van der Waals surface area contributed by atoms with Crippen molar-refractivity contribution < 1.29 is 24.1 Å². The van der Waals surface area contributed by atoms with Crippen LogP contribution in [0.3, 0.4) is 0 Å². The van der Waals surface area contributed by atoms with Crippen molar-refractivity contribution >= 4 is 0 Å². The normalized spacial score (nSPS) is 36.6. The molecule has 0 saturated carbocycles. The Hall–Kier alpha value is -1.01. The van der Waals surface area contributed by atoms with Crippen LogP contribution < -0.4 is 0 Å². The van der Waals surface area contributed by atoms with E-state index >= 15 is 0 Å². The molecule has 5 atom stereocenters. The van der Waals surface area contributed by atoms with E-state index in [2.05, 4.69) is 0 Å². The minimum Gasteiger partial charge on any atom is -0.388 e. The van der Waals surface area contributed by atoms with Crippen molar-refractivity contribution in [3.8, 4) is 0 Å². The zero-order valence-corrected chi connectivity index (χ0v) is 10.1. The lowest BCUT2D eigenvalue weighted by Gasteiger charge is -2.38. The largest absolute Gasteiger partial charge is 0.388 e. The molecule has 100 valence electrons. The van der Waals surface area contributed by atoms with E-state index in [9.17, 15) is 14.6 Å². The Morgan fingerprint density at radius 3 is 2.61 bits per heavy atom. The summed E-state index contributed by atoms with van der Waals surface area (Å²) < 4.78 is 23.9. The molecule has 5 heteroatoms. The molecule has 18 heavy (non-hydrogen) atoms. The van der Waals surface area contributed by atoms with Crippen molar-refractivity contribution in [2.45, 2.75) is 44.3 Å². The number of halogens is 1. The Morgan fingerprint density at radius 2 is 1.94 bits per heavy atom. The van der Waals surface area contributed by atoms with Crippen molar-refractivity contribution in [2.24, 2.45) is 0 Å². The van der Waals surface area contributed by atoms with Crippen molar-refractivity contribution in [2.75, 3.05) is 0 Å². The molecule has 0 aliphatic carbocycles. The number of rotatable bonds is 3. The van der Waals surface area contributed by atoms with Crippen LogP contribution in [0.4, 0.5) is 4.39 Å². The van der Waals surface area contributed by atoms with Crippen LogP contribution in [-0.4, -0.2) is 41.0 Å². The Balaban J connectivity index is 1.98. The Labute approximate surface area is 105 Å². The van der Waals surface area contributed by atoms with Gasteiger partial charge in [0, 0.05) is 0 Å². The predicted molar refractivity (Wildman–Crippen MR) is 62.5 cm³/mol. The second-order valence-corrected chi connectivity index (χ2v) is 4.43. The molecule has 0 aromatic heterocycles. The molecular formula is C13H17FO4. The SMILES string of the molecule is CC1OC(O)C(F)C(OCc2ccccc2)C1O. The fourth-order valence-electron chi connectivity index (χ4n) is 1.95. The monoisotopic (exact) mass is 256 g/mol. The number of aliphatic hydroxyl groups excluding tert-OH is 2. The van der Waals surface area contributed by atoms with Gasteiger partial charge in [-0.2, -0.15) is 0 Å². The second kappa shape index (κ2) is 5.75. The first-order chi connectivity index (χ1) is 8.59. The molecule has 0 radical (unpaired) electrons. The van der Waals surface area contributed by atoms with Crippen LogP contribution in [0.2, 0.25) is 0 Å². The average molecular weight is 256 g/mol. The molecule has 0 spiro atoms. The minimum atomic E-state index is -1.75. The summed E-state index contributed by atoms with van der Waals surface area (Å²) in [5.41, 5.74) is 0.880. The van der Waals surface area contributed by atoms with E-state index in [0.717, 1.165) is 5.56 Å². The first-order valence-electron chi connectivity index (χ1n) is 5.91. The van der Waals surface area contributed by atoms with Crippen LogP contribution in [0.1, 0.15) is 12.5 Å². The summed E-state index contributed by atoms with van der Waals surface area (Å²) in [6.45, 7) is 1.75. The molecular weight excluding hydrogens is 239 g/mol. The van der Waals surface area contributed by atoms with E-state index in [4.69, 9.17) is 9.47 Å². The van der Waals surface area contributed by atoms with Crippen LogP contribution >= 0.6 is 0 Å². The zero-order chi connectivity index (χ0) is 13.1. The molecule has 0 amide bonds. The molecule has 1 aliphatic rings. The van der Waals surface area contributed by atoms with Gasteiger partial charge < -0.3 is 19.7 Å². The smallest absolute Gasteiger partial charge is 0.189 e. The highest BCUT2D eigenvalue weighted by Crippen LogP contribution is 2.25. The third-order valence-electron chi connectivity index (χ3n) is 3.04. The van der Waals surface area contributed by atoms with Crippen LogP contribution in [-0.2, 0) is 16.1 Å². The number of alkyl halides is 1. The summed E-state index contributed by atoms with van der Waals surface area (Å²) in [6, 6.07) is 9.27. The number of aliphatic hydroxyl groups is 2. The summed E-state index contributed by atoms with van der Waals surface area (Å²) in [4.78, 5) is 0. The summed E-state index contributed by atoms with van der Waals surface area (Å²) >= 11 is 0. The van der Waals surface area contributed by atoms with E-state index in [1.165, 1.54) is 0 Å². The van der Waals surface area contributed by atoms with Gasteiger partial charge in [0.05, 0.1) is 12.7 Å². The Morgan fingerprint density at radius 1 is 1.28 bits per heavy atom. The number of ether oxygens (including phenoxy) is 2. The first-order valence-corrected chi connectivity index (χ1v) is 5.91. The van der Waals surface area contributed by atoms with E-state index in [-0.39, 0.29) is 6.61 Å². The molecule has 2 N–H and O–H groups in total. The lowest BCUT2D eigenvalue weighted by atomic mass is 10.0. The summed E-state index contributed by atoms with van der Waals surface area (Å²) in [7, 11) is 0. The fourth-order valence-corrected chi connectivity index (χ4v) is 1.95.